The second-order valence-electron chi connectivity index (χ2n) is 4.34. The number of aliphatic hydroxyl groups is 1. The second kappa shape index (κ2) is 4.07. The lowest BCUT2D eigenvalue weighted by Crippen LogP contribution is -2.63. The third kappa shape index (κ3) is 2.02. The summed E-state index contributed by atoms with van der Waals surface area (Å²) in [5.41, 5.74) is -1.46. The average Bonchev–Trinajstić information content (AvgIpc) is 2.24. The molecule has 1 saturated heterocycles. The Morgan fingerprint density at radius 3 is 2.41 bits per heavy atom. The van der Waals surface area contributed by atoms with Crippen LogP contribution in [-0.2, 0) is 0 Å². The lowest BCUT2D eigenvalue weighted by atomic mass is 9.90. The van der Waals surface area contributed by atoms with Crippen LogP contribution in [0.25, 0.3) is 0 Å². The van der Waals surface area contributed by atoms with Gasteiger partial charge in [-0.25, -0.2) is 8.78 Å². The summed E-state index contributed by atoms with van der Waals surface area (Å²) in [5, 5.41) is 9.74. The lowest BCUT2D eigenvalue weighted by Gasteiger charge is -2.46. The largest absolute Gasteiger partial charge is 0.386 e. The third-order valence-electron chi connectivity index (χ3n) is 3.09. The fourth-order valence-corrected chi connectivity index (χ4v) is 1.89. The highest BCUT2D eigenvalue weighted by molar-refractivity contribution is 5.95. The van der Waals surface area contributed by atoms with Crippen molar-refractivity contribution in [3.8, 4) is 0 Å². The fourth-order valence-electron chi connectivity index (χ4n) is 1.89. The van der Waals surface area contributed by atoms with E-state index in [1.54, 1.807) is 6.92 Å². The number of benzene rings is 1. The minimum absolute atomic E-state index is 0.121. The van der Waals surface area contributed by atoms with Gasteiger partial charge in [-0.2, -0.15) is 0 Å². The molecule has 0 unspecified atom stereocenters. The monoisotopic (exact) mass is 241 g/mol. The maximum atomic E-state index is 13.3. The molecular weight excluding hydrogens is 228 g/mol. The minimum Gasteiger partial charge on any atom is -0.386 e. The van der Waals surface area contributed by atoms with Crippen LogP contribution in [0.5, 0.6) is 0 Å². The quantitative estimate of drug-likeness (QED) is 0.853. The average molecular weight is 241 g/mol. The fraction of sp³-hybridized carbons (Fsp3) is 0.417. The topological polar surface area (TPSA) is 40.5 Å². The molecule has 0 saturated carbocycles. The van der Waals surface area contributed by atoms with E-state index < -0.39 is 28.7 Å². The van der Waals surface area contributed by atoms with Gasteiger partial charge in [0.25, 0.3) is 5.91 Å². The highest BCUT2D eigenvalue weighted by atomic mass is 19.1. The highest BCUT2D eigenvalue weighted by Gasteiger charge is 2.43. The molecule has 1 aliphatic heterocycles. The van der Waals surface area contributed by atoms with E-state index in [1.807, 2.05) is 0 Å². The molecule has 1 aromatic carbocycles. The number of hydrogen-bond acceptors (Lipinski definition) is 2. The molecule has 17 heavy (non-hydrogen) atoms. The summed E-state index contributed by atoms with van der Waals surface area (Å²) in [5.74, 6) is -2.46. The Labute approximate surface area is 97.7 Å². The Kier molecular flexibility index (Phi) is 2.87. The van der Waals surface area contributed by atoms with Crippen LogP contribution in [0.4, 0.5) is 8.78 Å². The SMILES string of the molecule is CCC1(O)CN(C(=O)c2c(F)cccc2F)C1. The number of rotatable bonds is 2. The first-order chi connectivity index (χ1) is 7.97. The lowest BCUT2D eigenvalue weighted by molar-refractivity contribution is -0.0829. The first kappa shape index (κ1) is 12.0. The molecule has 3 nitrogen and oxygen atoms in total. The van der Waals surface area contributed by atoms with E-state index in [4.69, 9.17) is 0 Å². The molecule has 1 fully saturated rings. The minimum atomic E-state index is -0.905. The standard InChI is InChI=1S/C12H13F2NO2/c1-2-12(17)6-15(7-12)11(16)10-8(13)4-3-5-9(10)14/h3-5,17H,2,6-7H2,1H3. The molecule has 1 aliphatic rings. The van der Waals surface area contributed by atoms with Crippen LogP contribution in [0.15, 0.2) is 18.2 Å². The van der Waals surface area contributed by atoms with Gasteiger partial charge in [0.05, 0.1) is 18.7 Å². The van der Waals surface area contributed by atoms with Gasteiger partial charge in [0.15, 0.2) is 0 Å². The molecule has 0 bridgehead atoms. The van der Waals surface area contributed by atoms with Crippen LogP contribution in [0.3, 0.4) is 0 Å². The molecular formula is C12H13F2NO2. The zero-order valence-electron chi connectivity index (χ0n) is 9.41. The van der Waals surface area contributed by atoms with Gasteiger partial charge in [0.1, 0.15) is 17.2 Å². The molecule has 92 valence electrons. The molecule has 0 radical (unpaired) electrons. The Morgan fingerprint density at radius 2 is 1.94 bits per heavy atom. The number of carbonyl (C=O) groups is 1. The summed E-state index contributed by atoms with van der Waals surface area (Å²) in [6.07, 6.45) is 0.510. The smallest absolute Gasteiger partial charge is 0.260 e. The summed E-state index contributed by atoms with van der Waals surface area (Å²) in [6.45, 7) is 2.04. The predicted octanol–water partition coefficient (Wildman–Crippen LogP) is 1.56. The Bertz CT molecular complexity index is 436. The molecule has 1 N–H and O–H groups in total. The van der Waals surface area contributed by atoms with Gasteiger partial charge in [-0.1, -0.05) is 13.0 Å². The van der Waals surface area contributed by atoms with Crippen LogP contribution in [0, 0.1) is 11.6 Å². The van der Waals surface area contributed by atoms with Crippen molar-refractivity contribution in [3.63, 3.8) is 0 Å². The molecule has 1 amide bonds. The summed E-state index contributed by atoms with van der Waals surface area (Å²) in [4.78, 5) is 13.0. The van der Waals surface area contributed by atoms with Gasteiger partial charge in [-0.05, 0) is 18.6 Å². The number of nitrogens with zero attached hydrogens (tertiary/aromatic N) is 1. The van der Waals surface area contributed by atoms with E-state index in [0.29, 0.717) is 6.42 Å². The van der Waals surface area contributed by atoms with E-state index in [1.165, 1.54) is 11.0 Å². The number of β-amino-alcohol motifs (C(OH)–C–C–N with tert-alkyl or cyclic N) is 1. The van der Waals surface area contributed by atoms with Crippen LogP contribution in [0.2, 0.25) is 0 Å². The Morgan fingerprint density at radius 1 is 1.41 bits per heavy atom. The van der Waals surface area contributed by atoms with Crippen molar-refractivity contribution in [1.82, 2.24) is 4.90 Å². The molecule has 2 rings (SSSR count). The summed E-state index contributed by atoms with van der Waals surface area (Å²) >= 11 is 0. The normalized spacial score (nSPS) is 17.8. The summed E-state index contributed by atoms with van der Waals surface area (Å²) in [6, 6.07) is 3.30. The number of carbonyl (C=O) groups excluding carboxylic acids is 1. The van der Waals surface area contributed by atoms with Gasteiger partial charge in [-0.3, -0.25) is 4.79 Å². The van der Waals surface area contributed by atoms with Crippen LogP contribution >= 0.6 is 0 Å². The van der Waals surface area contributed by atoms with Gasteiger partial charge >= 0.3 is 0 Å². The van der Waals surface area contributed by atoms with E-state index in [9.17, 15) is 18.7 Å². The Balaban J connectivity index is 2.17. The zero-order chi connectivity index (χ0) is 12.6. The predicted molar refractivity (Wildman–Crippen MR) is 57.5 cm³/mol. The van der Waals surface area contributed by atoms with E-state index in [0.717, 1.165) is 12.1 Å². The molecule has 1 heterocycles. The van der Waals surface area contributed by atoms with Crippen molar-refractivity contribution < 1.29 is 18.7 Å². The van der Waals surface area contributed by atoms with Crippen LogP contribution in [-0.4, -0.2) is 34.6 Å². The summed E-state index contributed by atoms with van der Waals surface area (Å²) < 4.78 is 26.7. The van der Waals surface area contributed by atoms with Crippen LogP contribution < -0.4 is 0 Å². The summed E-state index contributed by atoms with van der Waals surface area (Å²) in [7, 11) is 0. The van der Waals surface area contributed by atoms with Crippen molar-refractivity contribution in [2.24, 2.45) is 0 Å². The Hall–Kier alpha value is -1.49. The molecule has 0 spiro atoms. The highest BCUT2D eigenvalue weighted by Crippen LogP contribution is 2.27. The number of halogens is 2. The zero-order valence-corrected chi connectivity index (χ0v) is 9.41. The van der Waals surface area contributed by atoms with Crippen molar-refractivity contribution in [2.45, 2.75) is 18.9 Å². The first-order valence-electron chi connectivity index (χ1n) is 5.42. The van der Waals surface area contributed by atoms with Crippen molar-refractivity contribution in [1.29, 1.82) is 0 Å². The second-order valence-corrected chi connectivity index (χ2v) is 4.34. The maximum Gasteiger partial charge on any atom is 0.260 e. The van der Waals surface area contributed by atoms with Gasteiger partial charge in [0, 0.05) is 0 Å². The number of hydrogen-bond donors (Lipinski definition) is 1. The van der Waals surface area contributed by atoms with Gasteiger partial charge in [0.2, 0.25) is 0 Å². The molecule has 0 aromatic heterocycles. The van der Waals surface area contributed by atoms with E-state index >= 15 is 0 Å². The van der Waals surface area contributed by atoms with Crippen LogP contribution in [0.1, 0.15) is 23.7 Å². The van der Waals surface area contributed by atoms with E-state index in [-0.39, 0.29) is 13.1 Å². The van der Waals surface area contributed by atoms with Crippen molar-refractivity contribution >= 4 is 5.91 Å². The molecule has 0 aliphatic carbocycles. The van der Waals surface area contributed by atoms with E-state index in [2.05, 4.69) is 0 Å². The molecule has 5 heteroatoms. The van der Waals surface area contributed by atoms with Gasteiger partial charge in [-0.15, -0.1) is 0 Å². The number of likely N-dealkylation sites (tertiary alicyclic amines) is 1. The van der Waals surface area contributed by atoms with Crippen molar-refractivity contribution in [2.75, 3.05) is 13.1 Å². The number of amides is 1. The molecule has 0 atom stereocenters. The van der Waals surface area contributed by atoms with Gasteiger partial charge < -0.3 is 10.0 Å². The maximum absolute atomic E-state index is 13.3. The van der Waals surface area contributed by atoms with Crippen molar-refractivity contribution in [3.05, 3.63) is 35.4 Å². The first-order valence-corrected chi connectivity index (χ1v) is 5.42. The third-order valence-corrected chi connectivity index (χ3v) is 3.09. The molecule has 1 aromatic rings.